The van der Waals surface area contributed by atoms with Gasteiger partial charge >= 0.3 is 5.69 Å². The van der Waals surface area contributed by atoms with Crippen molar-refractivity contribution in [2.45, 2.75) is 0 Å². The fraction of sp³-hybridized carbons (Fsp3) is 0. The van der Waals surface area contributed by atoms with Crippen molar-refractivity contribution in [3.05, 3.63) is 57.4 Å². The summed E-state index contributed by atoms with van der Waals surface area (Å²) >= 11 is 0. The second kappa shape index (κ2) is 4.96. The molecule has 0 atom stereocenters. The zero-order valence-electron chi connectivity index (χ0n) is 9.83. The Hall–Kier alpha value is -2.78. The molecule has 1 aromatic carbocycles. The van der Waals surface area contributed by atoms with Gasteiger partial charge in [0.05, 0.1) is 0 Å². The van der Waals surface area contributed by atoms with Gasteiger partial charge in [-0.2, -0.15) is 4.98 Å². The number of nitrogens with two attached hydrogens (primary N) is 1. The molecule has 0 aliphatic carbocycles. The smallest absolute Gasteiger partial charge is 0.356 e. The highest BCUT2D eigenvalue weighted by Gasteiger charge is 2.30. The summed E-state index contributed by atoms with van der Waals surface area (Å²) in [7, 11) is 0. The molecular weight excluding hydrogens is 301 g/mol. The number of hydrogen-bond acceptors (Lipinski definition) is 4. The molecule has 2 aromatic rings. The number of carbonyl (C=O) groups is 1. The summed E-state index contributed by atoms with van der Waals surface area (Å²) in [5.41, 5.74) is 2.05. The Bertz CT molecular complexity index is 789. The maximum absolute atomic E-state index is 13.4. The first-order valence-electron chi connectivity index (χ1n) is 5.17. The molecule has 1 heterocycles. The van der Waals surface area contributed by atoms with Crippen molar-refractivity contribution in [2.24, 2.45) is 0 Å². The van der Waals surface area contributed by atoms with Gasteiger partial charge in [0.25, 0.3) is 5.91 Å². The van der Waals surface area contributed by atoms with Gasteiger partial charge in [-0.25, -0.2) is 31.3 Å². The fourth-order valence-electron chi connectivity index (χ4n) is 1.48. The first kappa shape index (κ1) is 14.6. The molecule has 0 fully saturated rings. The molecule has 10 heteroatoms. The third-order valence-corrected chi connectivity index (χ3v) is 2.47. The standard InChI is InChI=1S/C11H4F5N3O2/c12-5-4(6(13)8(15)9(16)7(5)14)10(20)19-2-1-3(17)18-11(19)21/h1-2H,(H2,17,18,21). The third-order valence-electron chi connectivity index (χ3n) is 2.47. The number of nitrogens with zero attached hydrogens (tertiary/aromatic N) is 2. The zero-order chi connectivity index (χ0) is 15.9. The molecule has 0 amide bonds. The Morgan fingerprint density at radius 2 is 1.48 bits per heavy atom. The van der Waals surface area contributed by atoms with Crippen LogP contribution in [-0.4, -0.2) is 15.5 Å². The summed E-state index contributed by atoms with van der Waals surface area (Å²) < 4.78 is 65.8. The molecule has 0 radical (unpaired) electrons. The number of nitrogen functional groups attached to an aromatic ring is 1. The number of rotatable bonds is 1. The second-order valence-corrected chi connectivity index (χ2v) is 3.76. The molecular formula is C11H4F5N3O2. The van der Waals surface area contributed by atoms with Crippen LogP contribution in [0.15, 0.2) is 17.1 Å². The van der Waals surface area contributed by atoms with Crippen molar-refractivity contribution in [3.8, 4) is 0 Å². The van der Waals surface area contributed by atoms with E-state index in [0.29, 0.717) is 6.20 Å². The average Bonchev–Trinajstić information content (AvgIpc) is 2.43. The average molecular weight is 305 g/mol. The normalized spacial score (nSPS) is 10.7. The van der Waals surface area contributed by atoms with Crippen LogP contribution < -0.4 is 11.4 Å². The van der Waals surface area contributed by atoms with Gasteiger partial charge in [-0.1, -0.05) is 0 Å². The molecule has 110 valence electrons. The molecule has 0 saturated carbocycles. The molecule has 2 rings (SSSR count). The van der Waals surface area contributed by atoms with Crippen LogP contribution in [0.5, 0.6) is 0 Å². The highest BCUT2D eigenvalue weighted by Crippen LogP contribution is 2.23. The summed E-state index contributed by atoms with van der Waals surface area (Å²) in [6.07, 6.45) is 0.699. The van der Waals surface area contributed by atoms with Crippen LogP contribution in [0.4, 0.5) is 27.8 Å². The van der Waals surface area contributed by atoms with Crippen LogP contribution in [0.25, 0.3) is 0 Å². The van der Waals surface area contributed by atoms with Crippen molar-refractivity contribution in [1.29, 1.82) is 0 Å². The Morgan fingerprint density at radius 3 is 1.95 bits per heavy atom. The van der Waals surface area contributed by atoms with Gasteiger partial charge in [0, 0.05) is 6.20 Å². The van der Waals surface area contributed by atoms with Gasteiger partial charge in [0.1, 0.15) is 11.4 Å². The van der Waals surface area contributed by atoms with E-state index < -0.39 is 46.2 Å². The molecule has 21 heavy (non-hydrogen) atoms. The van der Waals surface area contributed by atoms with Crippen molar-refractivity contribution in [3.63, 3.8) is 0 Å². The monoisotopic (exact) mass is 305 g/mol. The Morgan fingerprint density at radius 1 is 1.00 bits per heavy atom. The van der Waals surface area contributed by atoms with E-state index in [2.05, 4.69) is 4.98 Å². The van der Waals surface area contributed by atoms with Gasteiger partial charge in [0.15, 0.2) is 23.3 Å². The van der Waals surface area contributed by atoms with Gasteiger partial charge in [0.2, 0.25) is 5.82 Å². The van der Waals surface area contributed by atoms with Crippen molar-refractivity contribution < 1.29 is 26.7 Å². The third kappa shape index (κ3) is 2.24. The summed E-state index contributed by atoms with van der Waals surface area (Å²) in [5, 5.41) is 0. The molecule has 5 nitrogen and oxygen atoms in total. The summed E-state index contributed by atoms with van der Waals surface area (Å²) in [6.45, 7) is 0. The summed E-state index contributed by atoms with van der Waals surface area (Å²) in [6, 6.07) is 0.936. The van der Waals surface area contributed by atoms with Gasteiger partial charge < -0.3 is 5.73 Å². The Balaban J connectivity index is 2.73. The predicted octanol–water partition coefficient (Wildman–Crippen LogP) is 1.21. The van der Waals surface area contributed by atoms with Crippen LogP contribution in [0.1, 0.15) is 10.4 Å². The highest BCUT2D eigenvalue weighted by atomic mass is 19.2. The van der Waals surface area contributed by atoms with Crippen LogP contribution in [0.3, 0.4) is 0 Å². The van der Waals surface area contributed by atoms with E-state index >= 15 is 0 Å². The van der Waals surface area contributed by atoms with Crippen molar-refractivity contribution in [2.75, 3.05) is 5.73 Å². The number of hydrogen-bond donors (Lipinski definition) is 1. The highest BCUT2D eigenvalue weighted by molar-refractivity contribution is 5.96. The van der Waals surface area contributed by atoms with Crippen LogP contribution in [0.2, 0.25) is 0 Å². The number of halogens is 5. The van der Waals surface area contributed by atoms with Gasteiger partial charge in [-0.15, -0.1) is 0 Å². The van der Waals surface area contributed by atoms with Gasteiger partial charge in [-0.05, 0) is 6.07 Å². The number of carbonyl (C=O) groups excluding carboxylic acids is 1. The summed E-state index contributed by atoms with van der Waals surface area (Å²) in [5.74, 6) is -13.8. The van der Waals surface area contributed by atoms with E-state index in [1.165, 1.54) is 0 Å². The number of benzene rings is 1. The largest absolute Gasteiger partial charge is 0.383 e. The van der Waals surface area contributed by atoms with E-state index in [9.17, 15) is 31.5 Å². The lowest BCUT2D eigenvalue weighted by Crippen LogP contribution is -2.31. The molecule has 0 aliphatic heterocycles. The van der Waals surface area contributed by atoms with Crippen LogP contribution in [-0.2, 0) is 0 Å². The van der Waals surface area contributed by atoms with Crippen LogP contribution in [0, 0.1) is 29.1 Å². The fourth-order valence-corrected chi connectivity index (χ4v) is 1.48. The minimum Gasteiger partial charge on any atom is -0.383 e. The predicted molar refractivity (Wildman–Crippen MR) is 58.9 cm³/mol. The lowest BCUT2D eigenvalue weighted by atomic mass is 10.1. The second-order valence-electron chi connectivity index (χ2n) is 3.76. The Labute approximate surface area is 112 Å². The molecule has 0 unspecified atom stereocenters. The maximum atomic E-state index is 13.4. The van der Waals surface area contributed by atoms with Gasteiger partial charge in [-0.3, -0.25) is 4.79 Å². The molecule has 2 N–H and O–H groups in total. The van der Waals surface area contributed by atoms with E-state index in [1.54, 1.807) is 0 Å². The lowest BCUT2D eigenvalue weighted by molar-refractivity contribution is 0.0942. The molecule has 0 aliphatic rings. The topological polar surface area (TPSA) is 78.0 Å². The van der Waals surface area contributed by atoms with E-state index in [4.69, 9.17) is 5.73 Å². The lowest BCUT2D eigenvalue weighted by Gasteiger charge is -2.08. The van der Waals surface area contributed by atoms with E-state index in [-0.39, 0.29) is 10.4 Å². The minimum atomic E-state index is -2.41. The summed E-state index contributed by atoms with van der Waals surface area (Å²) in [4.78, 5) is 26.2. The first-order chi connectivity index (χ1) is 9.75. The minimum absolute atomic E-state index is 0.0641. The SMILES string of the molecule is Nc1ccn(C(=O)c2c(F)c(F)c(F)c(F)c2F)c(=O)n1. The van der Waals surface area contributed by atoms with E-state index in [0.717, 1.165) is 6.07 Å². The first-order valence-corrected chi connectivity index (χ1v) is 5.17. The molecule has 1 aromatic heterocycles. The maximum Gasteiger partial charge on any atom is 0.356 e. The van der Waals surface area contributed by atoms with Crippen molar-refractivity contribution in [1.82, 2.24) is 9.55 Å². The zero-order valence-corrected chi connectivity index (χ0v) is 9.83. The van der Waals surface area contributed by atoms with E-state index in [1.807, 2.05) is 0 Å². The quantitative estimate of drug-likeness (QED) is 0.488. The molecule has 0 bridgehead atoms. The number of aromatic nitrogens is 2. The Kier molecular flexibility index (Phi) is 3.45. The number of anilines is 1. The molecule has 0 saturated heterocycles. The van der Waals surface area contributed by atoms with Crippen molar-refractivity contribution >= 4 is 11.7 Å². The molecule has 0 spiro atoms. The van der Waals surface area contributed by atoms with Crippen LogP contribution >= 0.6 is 0 Å².